The summed E-state index contributed by atoms with van der Waals surface area (Å²) in [6.45, 7) is 5.17. The van der Waals surface area contributed by atoms with E-state index in [2.05, 4.69) is 40.7 Å². The average Bonchev–Trinajstić information content (AvgIpc) is 2.54. The molecule has 1 saturated heterocycles. The number of amides is 1. The van der Waals surface area contributed by atoms with E-state index in [1.165, 1.54) is 16.8 Å². The van der Waals surface area contributed by atoms with Crippen molar-refractivity contribution in [3.05, 3.63) is 29.3 Å². The van der Waals surface area contributed by atoms with Crippen molar-refractivity contribution in [2.24, 2.45) is 0 Å². The minimum Gasteiger partial charge on any atom is -0.362 e. The van der Waals surface area contributed by atoms with Gasteiger partial charge in [0.05, 0.1) is 6.54 Å². The van der Waals surface area contributed by atoms with Crippen molar-refractivity contribution in [1.82, 2.24) is 10.6 Å². The third-order valence-corrected chi connectivity index (χ3v) is 3.24. The number of aryl methyl sites for hydroxylation is 1. The number of nitrogens with one attached hydrogen (secondary N) is 2. The summed E-state index contributed by atoms with van der Waals surface area (Å²) >= 11 is 0. The Bertz CT molecular complexity index is 431. The van der Waals surface area contributed by atoms with Gasteiger partial charge in [0.2, 0.25) is 5.91 Å². The van der Waals surface area contributed by atoms with Gasteiger partial charge in [-0.3, -0.25) is 4.79 Å². The summed E-state index contributed by atoms with van der Waals surface area (Å²) in [7, 11) is 1.95. The fourth-order valence-electron chi connectivity index (χ4n) is 2.40. The largest absolute Gasteiger partial charge is 0.362 e. The molecule has 1 aliphatic rings. The second kappa shape index (κ2) is 5.87. The van der Waals surface area contributed by atoms with E-state index in [9.17, 15) is 4.79 Å². The molecule has 18 heavy (non-hydrogen) atoms. The Hall–Kier alpha value is -1.55. The lowest BCUT2D eigenvalue weighted by molar-refractivity contribution is -0.119. The van der Waals surface area contributed by atoms with Crippen LogP contribution >= 0.6 is 0 Å². The molecule has 0 saturated carbocycles. The number of nitrogens with zero attached hydrogens (tertiary/aromatic N) is 1. The highest BCUT2D eigenvalue weighted by Crippen LogP contribution is 2.22. The third-order valence-electron chi connectivity index (χ3n) is 3.24. The van der Waals surface area contributed by atoms with E-state index >= 15 is 0 Å². The lowest BCUT2D eigenvalue weighted by Gasteiger charge is -2.23. The van der Waals surface area contributed by atoms with Gasteiger partial charge in [-0.15, -0.1) is 0 Å². The maximum absolute atomic E-state index is 11.6. The van der Waals surface area contributed by atoms with Crippen molar-refractivity contribution in [2.75, 3.05) is 31.6 Å². The van der Waals surface area contributed by atoms with Crippen LogP contribution in [0.15, 0.2) is 18.2 Å². The average molecular weight is 247 g/mol. The number of hydrogen-bond acceptors (Lipinski definition) is 3. The molecule has 0 unspecified atom stereocenters. The molecule has 1 aliphatic heterocycles. The molecule has 0 radical (unpaired) electrons. The van der Waals surface area contributed by atoms with Crippen LogP contribution < -0.4 is 15.5 Å². The summed E-state index contributed by atoms with van der Waals surface area (Å²) in [5.41, 5.74) is 3.68. The van der Waals surface area contributed by atoms with Crippen LogP contribution in [-0.4, -0.2) is 32.6 Å². The van der Waals surface area contributed by atoms with E-state index in [4.69, 9.17) is 0 Å². The van der Waals surface area contributed by atoms with Crippen LogP contribution in [0, 0.1) is 6.92 Å². The molecule has 0 aromatic heterocycles. The maximum atomic E-state index is 11.6. The van der Waals surface area contributed by atoms with Crippen LogP contribution in [0.1, 0.15) is 17.5 Å². The topological polar surface area (TPSA) is 44.4 Å². The highest BCUT2D eigenvalue weighted by Gasteiger charge is 2.16. The van der Waals surface area contributed by atoms with E-state index in [1.54, 1.807) is 0 Å². The zero-order chi connectivity index (χ0) is 13.0. The van der Waals surface area contributed by atoms with Crippen LogP contribution in [0.3, 0.4) is 0 Å². The highest BCUT2D eigenvalue weighted by atomic mass is 16.2. The van der Waals surface area contributed by atoms with Crippen molar-refractivity contribution in [1.29, 1.82) is 0 Å². The van der Waals surface area contributed by atoms with Crippen LogP contribution in [0.2, 0.25) is 0 Å². The van der Waals surface area contributed by atoms with Gasteiger partial charge in [0, 0.05) is 25.3 Å². The minimum atomic E-state index is 0.117. The fraction of sp³-hybridized carbons (Fsp3) is 0.500. The number of carbonyl (C=O) groups is 1. The number of benzene rings is 1. The summed E-state index contributed by atoms with van der Waals surface area (Å²) in [5, 5.41) is 6.05. The molecule has 2 rings (SSSR count). The first-order chi connectivity index (χ1) is 8.70. The van der Waals surface area contributed by atoms with Crippen LogP contribution in [0.25, 0.3) is 0 Å². The van der Waals surface area contributed by atoms with Gasteiger partial charge >= 0.3 is 0 Å². The molecule has 1 fully saturated rings. The van der Waals surface area contributed by atoms with Gasteiger partial charge in [0.25, 0.3) is 0 Å². The monoisotopic (exact) mass is 247 g/mol. The number of rotatable bonds is 3. The Labute approximate surface area is 108 Å². The van der Waals surface area contributed by atoms with Gasteiger partial charge in [-0.2, -0.15) is 0 Å². The van der Waals surface area contributed by atoms with E-state index in [1.807, 2.05) is 7.05 Å². The van der Waals surface area contributed by atoms with Gasteiger partial charge in [0.1, 0.15) is 0 Å². The molecule has 4 heteroatoms. The molecule has 1 aromatic carbocycles. The van der Waals surface area contributed by atoms with Crippen molar-refractivity contribution < 1.29 is 4.79 Å². The van der Waals surface area contributed by atoms with Gasteiger partial charge in [-0.05, 0) is 37.6 Å². The van der Waals surface area contributed by atoms with E-state index in [0.717, 1.165) is 26.1 Å². The molecule has 1 heterocycles. The molecule has 0 bridgehead atoms. The lowest BCUT2D eigenvalue weighted by Crippen LogP contribution is -2.33. The zero-order valence-corrected chi connectivity index (χ0v) is 11.1. The quantitative estimate of drug-likeness (QED) is 0.839. The predicted molar refractivity (Wildman–Crippen MR) is 73.8 cm³/mol. The Kier molecular flexibility index (Phi) is 4.20. The molecule has 98 valence electrons. The first-order valence-corrected chi connectivity index (χ1v) is 6.46. The van der Waals surface area contributed by atoms with Gasteiger partial charge in [-0.1, -0.05) is 12.1 Å². The van der Waals surface area contributed by atoms with Crippen molar-refractivity contribution in [3.8, 4) is 0 Å². The van der Waals surface area contributed by atoms with Crippen LogP contribution in [0.5, 0.6) is 0 Å². The smallest absolute Gasteiger partial charge is 0.239 e. The first-order valence-electron chi connectivity index (χ1n) is 6.46. The Morgan fingerprint density at radius 3 is 3.00 bits per heavy atom. The van der Waals surface area contributed by atoms with Crippen molar-refractivity contribution in [3.63, 3.8) is 0 Å². The molecule has 1 amide bonds. The molecule has 1 aromatic rings. The molecule has 0 spiro atoms. The molecular formula is C14H21N3O. The zero-order valence-electron chi connectivity index (χ0n) is 11.1. The van der Waals surface area contributed by atoms with Gasteiger partial charge in [-0.25, -0.2) is 0 Å². The minimum absolute atomic E-state index is 0.117. The summed E-state index contributed by atoms with van der Waals surface area (Å²) < 4.78 is 0. The van der Waals surface area contributed by atoms with Crippen molar-refractivity contribution in [2.45, 2.75) is 19.9 Å². The van der Waals surface area contributed by atoms with E-state index in [0.29, 0.717) is 6.54 Å². The first kappa shape index (κ1) is 12.9. The summed E-state index contributed by atoms with van der Waals surface area (Å²) in [6.07, 6.45) is 1.00. The second-order valence-corrected chi connectivity index (χ2v) is 4.78. The summed E-state index contributed by atoms with van der Waals surface area (Å²) in [6, 6.07) is 6.44. The van der Waals surface area contributed by atoms with E-state index in [-0.39, 0.29) is 5.91 Å². The summed E-state index contributed by atoms with van der Waals surface area (Å²) in [5.74, 6) is 0.117. The van der Waals surface area contributed by atoms with Gasteiger partial charge in [0.15, 0.2) is 0 Å². The fourth-order valence-corrected chi connectivity index (χ4v) is 2.40. The SMILES string of the molecule is CNCc1ccc(N2CCCNC(=O)C2)c(C)c1. The standard InChI is InChI=1S/C14H21N3O/c1-11-8-12(9-15-2)4-5-13(11)17-7-3-6-16-14(18)10-17/h4-5,8,15H,3,6-7,9-10H2,1-2H3,(H,16,18). The van der Waals surface area contributed by atoms with Crippen LogP contribution in [-0.2, 0) is 11.3 Å². The predicted octanol–water partition coefficient (Wildman–Crippen LogP) is 1.04. The Morgan fingerprint density at radius 1 is 1.44 bits per heavy atom. The Morgan fingerprint density at radius 2 is 2.28 bits per heavy atom. The number of hydrogen-bond donors (Lipinski definition) is 2. The second-order valence-electron chi connectivity index (χ2n) is 4.78. The number of anilines is 1. The molecule has 0 atom stereocenters. The van der Waals surface area contributed by atoms with Crippen LogP contribution in [0.4, 0.5) is 5.69 Å². The lowest BCUT2D eigenvalue weighted by atomic mass is 10.1. The van der Waals surface area contributed by atoms with Crippen molar-refractivity contribution >= 4 is 11.6 Å². The summed E-state index contributed by atoms with van der Waals surface area (Å²) in [4.78, 5) is 13.8. The molecule has 0 aliphatic carbocycles. The molecular weight excluding hydrogens is 226 g/mol. The third kappa shape index (κ3) is 3.01. The Balaban J connectivity index is 2.18. The van der Waals surface area contributed by atoms with Gasteiger partial charge < -0.3 is 15.5 Å². The van der Waals surface area contributed by atoms with E-state index < -0.39 is 0 Å². The number of carbonyl (C=O) groups excluding carboxylic acids is 1. The maximum Gasteiger partial charge on any atom is 0.239 e. The normalized spacial score (nSPS) is 16.3. The molecule has 4 nitrogen and oxygen atoms in total. The molecule has 2 N–H and O–H groups in total. The highest BCUT2D eigenvalue weighted by molar-refractivity contribution is 5.82.